The second-order valence-corrected chi connectivity index (χ2v) is 3.97. The van der Waals surface area contributed by atoms with E-state index in [9.17, 15) is 0 Å². The number of aromatic nitrogens is 5. The number of hydrogen-bond acceptors (Lipinski definition) is 6. The number of rotatable bonds is 3. The van der Waals surface area contributed by atoms with Crippen LogP contribution in [0.25, 0.3) is 10.7 Å². The minimum Gasteiger partial charge on any atom is -0.368 e. The van der Waals surface area contributed by atoms with Gasteiger partial charge in [-0.15, -0.1) is 10.2 Å². The number of nitrogens with two attached hydrogens (primary N) is 1. The molecular weight excluding hydrogens is 212 g/mol. The molecule has 2 heterocycles. The summed E-state index contributed by atoms with van der Waals surface area (Å²) in [5.74, 6) is 1.02. The highest BCUT2D eigenvalue weighted by Gasteiger charge is 2.14. The Morgan fingerprint density at radius 2 is 2.27 bits per heavy atom. The normalized spacial score (nSPS) is 10.8. The third-order valence-electron chi connectivity index (χ3n) is 2.04. The molecule has 15 heavy (non-hydrogen) atoms. The summed E-state index contributed by atoms with van der Waals surface area (Å²) in [5.41, 5.74) is 6.58. The van der Waals surface area contributed by atoms with Gasteiger partial charge in [-0.05, 0) is 18.0 Å². The van der Waals surface area contributed by atoms with Gasteiger partial charge in [-0.25, -0.2) is 4.68 Å². The average Bonchev–Trinajstić information content (AvgIpc) is 2.76. The predicted molar refractivity (Wildman–Crippen MR) is 58.3 cm³/mol. The standard InChI is InChI=1S/C8H12N6S/c1-3-4-5-6(15-13-11-5)7-10-8(9)14(2)12-7/h3-4H2,1-2H3,(H2,9,10,12). The summed E-state index contributed by atoms with van der Waals surface area (Å²) in [4.78, 5) is 5.08. The summed E-state index contributed by atoms with van der Waals surface area (Å²) in [6.45, 7) is 2.10. The van der Waals surface area contributed by atoms with E-state index in [1.165, 1.54) is 11.5 Å². The Morgan fingerprint density at radius 3 is 2.87 bits per heavy atom. The fraction of sp³-hybridized carbons (Fsp3) is 0.500. The van der Waals surface area contributed by atoms with Gasteiger partial charge in [-0.1, -0.05) is 17.8 Å². The highest BCUT2D eigenvalue weighted by Crippen LogP contribution is 2.24. The van der Waals surface area contributed by atoms with Gasteiger partial charge in [0.2, 0.25) is 5.95 Å². The van der Waals surface area contributed by atoms with Crippen LogP contribution >= 0.6 is 11.5 Å². The highest BCUT2D eigenvalue weighted by molar-refractivity contribution is 7.09. The third-order valence-corrected chi connectivity index (χ3v) is 2.81. The van der Waals surface area contributed by atoms with Gasteiger partial charge in [0.15, 0.2) is 5.82 Å². The zero-order valence-electron chi connectivity index (χ0n) is 8.64. The number of aryl methyl sites for hydroxylation is 2. The van der Waals surface area contributed by atoms with E-state index in [0.717, 1.165) is 23.4 Å². The minimum absolute atomic E-state index is 0.404. The number of anilines is 1. The summed E-state index contributed by atoms with van der Waals surface area (Å²) >= 11 is 1.31. The zero-order valence-corrected chi connectivity index (χ0v) is 9.45. The van der Waals surface area contributed by atoms with Gasteiger partial charge in [-0.3, -0.25) is 0 Å². The molecule has 0 aliphatic carbocycles. The molecule has 0 unspecified atom stereocenters. The minimum atomic E-state index is 0.404. The van der Waals surface area contributed by atoms with E-state index < -0.39 is 0 Å². The molecule has 0 radical (unpaired) electrons. The van der Waals surface area contributed by atoms with Crippen LogP contribution in [0.2, 0.25) is 0 Å². The van der Waals surface area contributed by atoms with Crippen molar-refractivity contribution in [3.63, 3.8) is 0 Å². The van der Waals surface area contributed by atoms with Crippen molar-refractivity contribution in [1.29, 1.82) is 0 Å². The largest absolute Gasteiger partial charge is 0.368 e. The van der Waals surface area contributed by atoms with Crippen molar-refractivity contribution < 1.29 is 0 Å². The first-order valence-electron chi connectivity index (χ1n) is 4.70. The van der Waals surface area contributed by atoms with Gasteiger partial charge < -0.3 is 5.73 Å². The molecule has 0 atom stereocenters. The molecule has 2 N–H and O–H groups in total. The lowest BCUT2D eigenvalue weighted by molar-refractivity contribution is 0.780. The van der Waals surface area contributed by atoms with Crippen LogP contribution in [-0.4, -0.2) is 24.4 Å². The van der Waals surface area contributed by atoms with Crippen molar-refractivity contribution in [1.82, 2.24) is 24.4 Å². The maximum Gasteiger partial charge on any atom is 0.218 e. The van der Waals surface area contributed by atoms with Gasteiger partial charge in [0.05, 0.1) is 5.69 Å². The lowest BCUT2D eigenvalue weighted by Gasteiger charge is -1.92. The molecule has 0 saturated heterocycles. The second-order valence-electron chi connectivity index (χ2n) is 3.22. The molecule has 2 rings (SSSR count). The fourth-order valence-corrected chi connectivity index (χ4v) is 1.91. The summed E-state index contributed by atoms with van der Waals surface area (Å²) in [6, 6.07) is 0. The highest BCUT2D eigenvalue weighted by atomic mass is 32.1. The first kappa shape index (κ1) is 10.0. The van der Waals surface area contributed by atoms with E-state index in [1.807, 2.05) is 0 Å². The Bertz CT molecular complexity index is 440. The molecule has 6 nitrogen and oxygen atoms in total. The van der Waals surface area contributed by atoms with Crippen molar-refractivity contribution >= 4 is 17.5 Å². The maximum absolute atomic E-state index is 5.62. The Hall–Kier alpha value is -1.50. The quantitative estimate of drug-likeness (QED) is 0.836. The van der Waals surface area contributed by atoms with Crippen molar-refractivity contribution in [2.24, 2.45) is 7.05 Å². The molecule has 80 valence electrons. The van der Waals surface area contributed by atoms with Crippen LogP contribution in [0.4, 0.5) is 5.95 Å². The van der Waals surface area contributed by atoms with Crippen LogP contribution in [0.5, 0.6) is 0 Å². The van der Waals surface area contributed by atoms with Crippen LogP contribution in [0.15, 0.2) is 0 Å². The first-order chi connectivity index (χ1) is 7.22. The molecule has 7 heteroatoms. The molecule has 0 bridgehead atoms. The first-order valence-corrected chi connectivity index (χ1v) is 5.47. The topological polar surface area (TPSA) is 82.5 Å². The van der Waals surface area contributed by atoms with Gasteiger partial charge >= 0.3 is 0 Å². The van der Waals surface area contributed by atoms with E-state index in [1.54, 1.807) is 11.7 Å². The van der Waals surface area contributed by atoms with Crippen molar-refractivity contribution in [2.45, 2.75) is 19.8 Å². The van der Waals surface area contributed by atoms with Crippen molar-refractivity contribution in [3.8, 4) is 10.7 Å². The Balaban J connectivity index is 2.40. The van der Waals surface area contributed by atoms with Gasteiger partial charge in [0.1, 0.15) is 4.88 Å². The molecule has 0 fully saturated rings. The zero-order chi connectivity index (χ0) is 10.8. The predicted octanol–water partition coefficient (Wildman–Crippen LogP) is 0.868. The molecule has 0 spiro atoms. The summed E-state index contributed by atoms with van der Waals surface area (Å²) in [5, 5.41) is 8.27. The molecule has 2 aromatic rings. The van der Waals surface area contributed by atoms with Crippen LogP contribution in [0.1, 0.15) is 19.0 Å². The van der Waals surface area contributed by atoms with E-state index in [0.29, 0.717) is 11.8 Å². The Kier molecular flexibility index (Phi) is 2.63. The smallest absolute Gasteiger partial charge is 0.218 e. The van der Waals surface area contributed by atoms with Gasteiger partial charge in [0, 0.05) is 7.05 Å². The van der Waals surface area contributed by atoms with Crippen molar-refractivity contribution in [2.75, 3.05) is 5.73 Å². The fourth-order valence-electron chi connectivity index (χ4n) is 1.27. The van der Waals surface area contributed by atoms with E-state index in [4.69, 9.17) is 5.73 Å². The van der Waals surface area contributed by atoms with Gasteiger partial charge in [-0.2, -0.15) is 4.98 Å². The molecule has 0 aliphatic rings. The number of hydrogen-bond donors (Lipinski definition) is 1. The lowest BCUT2D eigenvalue weighted by Crippen LogP contribution is -1.97. The second kappa shape index (κ2) is 3.93. The maximum atomic E-state index is 5.62. The van der Waals surface area contributed by atoms with Crippen LogP contribution in [-0.2, 0) is 13.5 Å². The molecule has 0 aromatic carbocycles. The number of nitrogen functional groups attached to an aromatic ring is 1. The molecular formula is C8H12N6S. The van der Waals surface area contributed by atoms with Crippen LogP contribution < -0.4 is 5.73 Å². The van der Waals surface area contributed by atoms with E-state index >= 15 is 0 Å². The molecule has 0 saturated carbocycles. The summed E-state index contributed by atoms with van der Waals surface area (Å²) < 4.78 is 5.46. The van der Waals surface area contributed by atoms with E-state index in [-0.39, 0.29) is 0 Å². The van der Waals surface area contributed by atoms with Gasteiger partial charge in [0.25, 0.3) is 0 Å². The SMILES string of the molecule is CCCc1nnsc1-c1nc(N)n(C)n1. The Labute approximate surface area is 91.3 Å². The monoisotopic (exact) mass is 224 g/mol. The van der Waals surface area contributed by atoms with Crippen molar-refractivity contribution in [3.05, 3.63) is 5.69 Å². The lowest BCUT2D eigenvalue weighted by atomic mass is 10.2. The Morgan fingerprint density at radius 1 is 1.47 bits per heavy atom. The summed E-state index contributed by atoms with van der Waals surface area (Å²) in [7, 11) is 1.76. The molecule has 2 aromatic heterocycles. The van der Waals surface area contributed by atoms with Crippen LogP contribution in [0, 0.1) is 0 Å². The third kappa shape index (κ3) is 1.82. The molecule has 0 aliphatic heterocycles. The summed E-state index contributed by atoms with van der Waals surface area (Å²) in [6.07, 6.45) is 1.92. The van der Waals surface area contributed by atoms with E-state index in [2.05, 4.69) is 26.6 Å². The van der Waals surface area contributed by atoms with Crippen LogP contribution in [0.3, 0.4) is 0 Å². The molecule has 0 amide bonds. The number of nitrogens with zero attached hydrogens (tertiary/aromatic N) is 5. The average molecular weight is 224 g/mol.